The first kappa shape index (κ1) is 14.5. The van der Waals surface area contributed by atoms with Crippen molar-refractivity contribution in [2.45, 2.75) is 65.5 Å². The molecule has 0 amide bonds. The Labute approximate surface area is 105 Å². The van der Waals surface area contributed by atoms with Crippen LogP contribution in [0, 0.1) is 11.8 Å². The zero-order valence-electron chi connectivity index (χ0n) is 11.7. The van der Waals surface area contributed by atoms with Crippen LogP contribution < -0.4 is 5.32 Å². The molecule has 1 aliphatic rings. The molecule has 0 aliphatic heterocycles. The van der Waals surface area contributed by atoms with Gasteiger partial charge in [-0.1, -0.05) is 13.8 Å². The van der Waals surface area contributed by atoms with E-state index < -0.39 is 0 Å². The fourth-order valence-electron chi connectivity index (χ4n) is 2.63. The van der Waals surface area contributed by atoms with Gasteiger partial charge >= 0.3 is 5.97 Å². The molecule has 1 rings (SSSR count). The summed E-state index contributed by atoms with van der Waals surface area (Å²) in [4.78, 5) is 11.3. The molecular formula is C14H27NO2. The van der Waals surface area contributed by atoms with Crippen molar-refractivity contribution in [2.75, 3.05) is 6.61 Å². The van der Waals surface area contributed by atoms with Crippen LogP contribution in [-0.2, 0) is 9.53 Å². The first-order valence-electron chi connectivity index (χ1n) is 6.94. The van der Waals surface area contributed by atoms with Crippen LogP contribution in [0.25, 0.3) is 0 Å². The Kier molecular flexibility index (Phi) is 5.96. The largest absolute Gasteiger partial charge is 0.466 e. The van der Waals surface area contributed by atoms with Gasteiger partial charge in [-0.05, 0) is 44.9 Å². The average molecular weight is 241 g/mol. The van der Waals surface area contributed by atoms with E-state index in [-0.39, 0.29) is 12.0 Å². The Morgan fingerprint density at radius 2 is 2.06 bits per heavy atom. The van der Waals surface area contributed by atoms with Crippen LogP contribution in [0.15, 0.2) is 0 Å². The first-order chi connectivity index (χ1) is 8.02. The number of ether oxygens (including phenoxy) is 1. The van der Waals surface area contributed by atoms with E-state index in [1.165, 1.54) is 19.3 Å². The Morgan fingerprint density at radius 1 is 1.35 bits per heavy atom. The lowest BCUT2D eigenvalue weighted by molar-refractivity contribution is -0.143. The molecule has 0 radical (unpaired) electrons. The fraction of sp³-hybridized carbons (Fsp3) is 0.929. The number of carbonyl (C=O) groups excluding carboxylic acids is 1. The molecule has 3 heteroatoms. The molecule has 0 bridgehead atoms. The van der Waals surface area contributed by atoms with Gasteiger partial charge in [-0.2, -0.15) is 0 Å². The highest BCUT2D eigenvalue weighted by Gasteiger charge is 2.25. The Balaban J connectivity index is 2.26. The Morgan fingerprint density at radius 3 is 2.65 bits per heavy atom. The number of nitrogens with one attached hydrogen (secondary N) is 1. The van der Waals surface area contributed by atoms with Gasteiger partial charge in [-0.3, -0.25) is 4.79 Å². The molecule has 1 N–H and O–H groups in total. The fourth-order valence-corrected chi connectivity index (χ4v) is 2.63. The van der Waals surface area contributed by atoms with Crippen molar-refractivity contribution in [3.8, 4) is 0 Å². The van der Waals surface area contributed by atoms with E-state index in [4.69, 9.17) is 4.74 Å². The van der Waals surface area contributed by atoms with Gasteiger partial charge in [-0.25, -0.2) is 0 Å². The Bertz CT molecular complexity index is 242. The second kappa shape index (κ2) is 7.00. The SMILES string of the molecule is CCOC(=O)CC(C)NC1CCC(C)C(C)C1. The minimum Gasteiger partial charge on any atom is -0.466 e. The standard InChI is InChI=1S/C14H27NO2/c1-5-17-14(16)9-12(4)15-13-7-6-10(2)11(3)8-13/h10-13,15H,5-9H2,1-4H3. The topological polar surface area (TPSA) is 38.3 Å². The summed E-state index contributed by atoms with van der Waals surface area (Å²) < 4.78 is 4.96. The summed E-state index contributed by atoms with van der Waals surface area (Å²) >= 11 is 0. The van der Waals surface area contributed by atoms with Crippen LogP contribution in [0.5, 0.6) is 0 Å². The van der Waals surface area contributed by atoms with Crippen molar-refractivity contribution in [1.82, 2.24) is 5.32 Å². The normalized spacial score (nSPS) is 30.9. The highest BCUT2D eigenvalue weighted by molar-refractivity contribution is 5.70. The molecule has 0 aromatic heterocycles. The zero-order chi connectivity index (χ0) is 12.8. The third-order valence-corrected chi connectivity index (χ3v) is 3.90. The summed E-state index contributed by atoms with van der Waals surface area (Å²) in [7, 11) is 0. The van der Waals surface area contributed by atoms with Crippen LogP contribution in [0.3, 0.4) is 0 Å². The smallest absolute Gasteiger partial charge is 0.307 e. The third-order valence-electron chi connectivity index (χ3n) is 3.90. The zero-order valence-corrected chi connectivity index (χ0v) is 11.7. The second-order valence-electron chi connectivity index (χ2n) is 5.54. The Hall–Kier alpha value is -0.570. The van der Waals surface area contributed by atoms with E-state index in [1.54, 1.807) is 0 Å². The average Bonchev–Trinajstić information content (AvgIpc) is 2.23. The van der Waals surface area contributed by atoms with Gasteiger partial charge < -0.3 is 10.1 Å². The highest BCUT2D eigenvalue weighted by Crippen LogP contribution is 2.29. The summed E-state index contributed by atoms with van der Waals surface area (Å²) in [5.41, 5.74) is 0. The van der Waals surface area contributed by atoms with Gasteiger partial charge in [0.05, 0.1) is 13.0 Å². The van der Waals surface area contributed by atoms with Crippen molar-refractivity contribution in [3.63, 3.8) is 0 Å². The van der Waals surface area contributed by atoms with E-state index in [2.05, 4.69) is 26.1 Å². The quantitative estimate of drug-likeness (QED) is 0.752. The van der Waals surface area contributed by atoms with Gasteiger partial charge in [0.15, 0.2) is 0 Å². The van der Waals surface area contributed by atoms with Gasteiger partial charge in [0.1, 0.15) is 0 Å². The predicted octanol–water partition coefficient (Wildman–Crippen LogP) is 2.74. The monoisotopic (exact) mass is 241 g/mol. The maximum absolute atomic E-state index is 11.3. The highest BCUT2D eigenvalue weighted by atomic mass is 16.5. The van der Waals surface area contributed by atoms with Crippen LogP contribution >= 0.6 is 0 Å². The lowest BCUT2D eigenvalue weighted by Gasteiger charge is -2.34. The number of rotatable bonds is 5. The summed E-state index contributed by atoms with van der Waals surface area (Å²) in [6.07, 6.45) is 4.24. The first-order valence-corrected chi connectivity index (χ1v) is 6.94. The molecule has 1 fully saturated rings. The summed E-state index contributed by atoms with van der Waals surface area (Å²) in [6, 6.07) is 0.797. The van der Waals surface area contributed by atoms with Crippen LogP contribution in [0.2, 0.25) is 0 Å². The van der Waals surface area contributed by atoms with E-state index in [0.29, 0.717) is 19.1 Å². The van der Waals surface area contributed by atoms with Crippen molar-refractivity contribution < 1.29 is 9.53 Å². The molecule has 0 spiro atoms. The number of esters is 1. The van der Waals surface area contributed by atoms with Gasteiger partial charge in [0.2, 0.25) is 0 Å². The molecule has 0 heterocycles. The van der Waals surface area contributed by atoms with Gasteiger partial charge in [-0.15, -0.1) is 0 Å². The minimum absolute atomic E-state index is 0.0928. The molecule has 0 saturated heterocycles. The maximum atomic E-state index is 11.3. The van der Waals surface area contributed by atoms with E-state index in [9.17, 15) is 4.79 Å². The van der Waals surface area contributed by atoms with Crippen molar-refractivity contribution >= 4 is 5.97 Å². The maximum Gasteiger partial charge on any atom is 0.307 e. The number of hydrogen-bond acceptors (Lipinski definition) is 3. The summed E-state index contributed by atoms with van der Waals surface area (Å²) in [5.74, 6) is 1.54. The molecule has 17 heavy (non-hydrogen) atoms. The van der Waals surface area contributed by atoms with E-state index >= 15 is 0 Å². The third kappa shape index (κ3) is 5.07. The number of hydrogen-bond donors (Lipinski definition) is 1. The van der Waals surface area contributed by atoms with E-state index in [1.807, 2.05) is 6.92 Å². The lowest BCUT2D eigenvalue weighted by Crippen LogP contribution is -2.42. The molecule has 1 aliphatic carbocycles. The molecular weight excluding hydrogens is 214 g/mol. The van der Waals surface area contributed by atoms with Crippen molar-refractivity contribution in [1.29, 1.82) is 0 Å². The summed E-state index contributed by atoms with van der Waals surface area (Å²) in [6.45, 7) is 9.06. The molecule has 4 atom stereocenters. The van der Waals surface area contributed by atoms with Gasteiger partial charge in [0, 0.05) is 12.1 Å². The molecule has 1 saturated carbocycles. The molecule has 100 valence electrons. The van der Waals surface area contributed by atoms with Crippen LogP contribution in [0.4, 0.5) is 0 Å². The minimum atomic E-state index is -0.0928. The predicted molar refractivity (Wildman–Crippen MR) is 69.8 cm³/mol. The molecule has 3 nitrogen and oxygen atoms in total. The number of carbonyl (C=O) groups is 1. The lowest BCUT2D eigenvalue weighted by atomic mass is 9.79. The van der Waals surface area contributed by atoms with Crippen molar-refractivity contribution in [3.05, 3.63) is 0 Å². The molecule has 0 aromatic carbocycles. The summed E-state index contributed by atoms with van der Waals surface area (Å²) in [5, 5.41) is 3.56. The van der Waals surface area contributed by atoms with Crippen molar-refractivity contribution in [2.24, 2.45) is 11.8 Å². The molecule has 0 aromatic rings. The van der Waals surface area contributed by atoms with Crippen LogP contribution in [0.1, 0.15) is 53.4 Å². The van der Waals surface area contributed by atoms with Crippen LogP contribution in [-0.4, -0.2) is 24.7 Å². The second-order valence-corrected chi connectivity index (χ2v) is 5.54. The van der Waals surface area contributed by atoms with E-state index in [0.717, 1.165) is 11.8 Å². The van der Waals surface area contributed by atoms with Gasteiger partial charge in [0.25, 0.3) is 0 Å². The molecule has 4 unspecified atom stereocenters.